The predicted octanol–water partition coefficient (Wildman–Crippen LogP) is 4.53. The van der Waals surface area contributed by atoms with Crippen molar-refractivity contribution in [3.63, 3.8) is 0 Å². The van der Waals surface area contributed by atoms with Crippen molar-refractivity contribution in [3.8, 4) is 5.75 Å². The number of benzene rings is 3. The van der Waals surface area contributed by atoms with Crippen LogP contribution in [0.15, 0.2) is 66.7 Å². The summed E-state index contributed by atoms with van der Waals surface area (Å²) in [7, 11) is 1.69. The van der Waals surface area contributed by atoms with Crippen LogP contribution in [0.1, 0.15) is 24.0 Å². The van der Waals surface area contributed by atoms with Crippen molar-refractivity contribution in [2.45, 2.75) is 25.7 Å². The van der Waals surface area contributed by atoms with E-state index < -0.39 is 0 Å². The summed E-state index contributed by atoms with van der Waals surface area (Å²) in [5, 5.41) is 5.49. The Morgan fingerprint density at radius 3 is 2.50 bits per heavy atom. The molecule has 3 aromatic rings. The van der Waals surface area contributed by atoms with Crippen LogP contribution in [0.5, 0.6) is 5.75 Å². The second-order valence-corrected chi connectivity index (χ2v) is 6.40. The van der Waals surface area contributed by atoms with Gasteiger partial charge in [0, 0.05) is 13.0 Å². The summed E-state index contributed by atoms with van der Waals surface area (Å²) in [6, 6.07) is 22.6. The molecule has 3 heteroatoms. The van der Waals surface area contributed by atoms with E-state index in [-0.39, 0.29) is 5.91 Å². The van der Waals surface area contributed by atoms with E-state index >= 15 is 0 Å². The molecule has 0 bridgehead atoms. The van der Waals surface area contributed by atoms with Crippen molar-refractivity contribution < 1.29 is 9.53 Å². The number of methoxy groups -OCH3 is 1. The number of rotatable bonds is 8. The summed E-state index contributed by atoms with van der Waals surface area (Å²) < 4.78 is 5.36. The molecule has 0 atom stereocenters. The number of carbonyl (C=O) groups is 1. The van der Waals surface area contributed by atoms with Gasteiger partial charge in [0.15, 0.2) is 0 Å². The fourth-order valence-corrected chi connectivity index (χ4v) is 3.26. The van der Waals surface area contributed by atoms with Crippen LogP contribution in [0.3, 0.4) is 0 Å². The molecule has 0 radical (unpaired) electrons. The van der Waals surface area contributed by atoms with Crippen LogP contribution < -0.4 is 10.1 Å². The third-order valence-corrected chi connectivity index (χ3v) is 4.64. The molecular weight excluding hydrogens is 322 g/mol. The first-order valence-corrected chi connectivity index (χ1v) is 9.13. The molecule has 0 aliphatic heterocycles. The van der Waals surface area contributed by atoms with Gasteiger partial charge in [0.2, 0.25) is 5.91 Å². The number of fused-ring (bicyclic) bond motifs is 1. The molecule has 0 saturated carbocycles. The minimum Gasteiger partial charge on any atom is -0.496 e. The number of hydrogen-bond donors (Lipinski definition) is 1. The van der Waals surface area contributed by atoms with Gasteiger partial charge in [-0.05, 0) is 47.2 Å². The van der Waals surface area contributed by atoms with Gasteiger partial charge < -0.3 is 10.1 Å². The zero-order valence-corrected chi connectivity index (χ0v) is 15.2. The molecule has 0 spiro atoms. The molecule has 0 saturated heterocycles. The van der Waals surface area contributed by atoms with E-state index in [0.717, 1.165) is 25.0 Å². The normalized spacial score (nSPS) is 10.7. The lowest BCUT2D eigenvalue weighted by Crippen LogP contribution is -2.25. The van der Waals surface area contributed by atoms with Crippen LogP contribution >= 0.6 is 0 Å². The molecule has 0 aliphatic rings. The molecule has 134 valence electrons. The third kappa shape index (κ3) is 4.63. The number of hydrogen-bond acceptors (Lipinski definition) is 2. The molecule has 0 aromatic heterocycles. The fraction of sp³-hybridized carbons (Fsp3) is 0.261. The highest BCUT2D eigenvalue weighted by Crippen LogP contribution is 2.20. The van der Waals surface area contributed by atoms with Gasteiger partial charge in [-0.25, -0.2) is 0 Å². The van der Waals surface area contributed by atoms with Crippen LogP contribution in [0, 0.1) is 0 Å². The molecule has 3 aromatic carbocycles. The van der Waals surface area contributed by atoms with Crippen molar-refractivity contribution in [2.75, 3.05) is 13.7 Å². The van der Waals surface area contributed by atoms with Gasteiger partial charge in [-0.2, -0.15) is 0 Å². The molecule has 0 unspecified atom stereocenters. The standard InChI is InChI=1S/C23H25NO2/c1-26-22-14-5-3-9-20(22)12-7-17-24-23(25)16-15-19-11-6-10-18-8-2-4-13-21(18)19/h2-6,8-11,13-14H,7,12,15-17H2,1H3,(H,24,25). The van der Waals surface area contributed by atoms with Crippen LogP contribution in [0.2, 0.25) is 0 Å². The van der Waals surface area contributed by atoms with Crippen LogP contribution in [-0.2, 0) is 17.6 Å². The molecule has 3 rings (SSSR count). The first-order valence-electron chi connectivity index (χ1n) is 9.13. The topological polar surface area (TPSA) is 38.3 Å². The molecule has 1 N–H and O–H groups in total. The van der Waals surface area contributed by atoms with E-state index in [1.807, 2.05) is 30.3 Å². The Bertz CT molecular complexity index is 867. The molecule has 0 fully saturated rings. The molecule has 3 nitrogen and oxygen atoms in total. The molecule has 0 aliphatic carbocycles. The number of para-hydroxylation sites is 1. The zero-order chi connectivity index (χ0) is 18.2. The minimum atomic E-state index is 0.109. The van der Waals surface area contributed by atoms with Crippen molar-refractivity contribution in [3.05, 3.63) is 77.9 Å². The van der Waals surface area contributed by atoms with Crippen molar-refractivity contribution in [2.24, 2.45) is 0 Å². The first-order chi connectivity index (χ1) is 12.8. The van der Waals surface area contributed by atoms with Gasteiger partial charge in [0.1, 0.15) is 5.75 Å². The molecular formula is C23H25NO2. The summed E-state index contributed by atoms with van der Waals surface area (Å²) in [4.78, 5) is 12.2. The number of ether oxygens (including phenoxy) is 1. The largest absolute Gasteiger partial charge is 0.496 e. The highest BCUT2D eigenvalue weighted by molar-refractivity contribution is 5.86. The maximum Gasteiger partial charge on any atom is 0.220 e. The lowest BCUT2D eigenvalue weighted by Gasteiger charge is -2.09. The number of nitrogens with one attached hydrogen (secondary N) is 1. The third-order valence-electron chi connectivity index (χ3n) is 4.64. The number of aryl methyl sites for hydroxylation is 2. The Balaban J connectivity index is 1.44. The van der Waals surface area contributed by atoms with E-state index in [1.54, 1.807) is 7.11 Å². The van der Waals surface area contributed by atoms with E-state index in [0.29, 0.717) is 13.0 Å². The van der Waals surface area contributed by atoms with Gasteiger partial charge in [-0.1, -0.05) is 60.7 Å². The highest BCUT2D eigenvalue weighted by atomic mass is 16.5. The lowest BCUT2D eigenvalue weighted by atomic mass is 10.0. The van der Waals surface area contributed by atoms with Crippen LogP contribution in [0.25, 0.3) is 10.8 Å². The Labute approximate surface area is 155 Å². The molecule has 1 amide bonds. The highest BCUT2D eigenvalue weighted by Gasteiger charge is 2.06. The summed E-state index contributed by atoms with van der Waals surface area (Å²) in [5.74, 6) is 1.02. The first kappa shape index (κ1) is 18.0. The van der Waals surface area contributed by atoms with E-state index in [9.17, 15) is 4.79 Å². The Morgan fingerprint density at radius 2 is 1.62 bits per heavy atom. The van der Waals surface area contributed by atoms with Gasteiger partial charge in [-0.3, -0.25) is 4.79 Å². The zero-order valence-electron chi connectivity index (χ0n) is 15.2. The average molecular weight is 347 g/mol. The van der Waals surface area contributed by atoms with Crippen molar-refractivity contribution >= 4 is 16.7 Å². The average Bonchev–Trinajstić information content (AvgIpc) is 2.70. The summed E-state index contributed by atoms with van der Waals surface area (Å²) >= 11 is 0. The summed E-state index contributed by atoms with van der Waals surface area (Å²) in [6.45, 7) is 0.687. The van der Waals surface area contributed by atoms with E-state index in [4.69, 9.17) is 4.74 Å². The fourth-order valence-electron chi connectivity index (χ4n) is 3.26. The molecule has 0 heterocycles. The SMILES string of the molecule is COc1ccccc1CCCNC(=O)CCc1cccc2ccccc12. The maximum atomic E-state index is 12.2. The Hall–Kier alpha value is -2.81. The number of carbonyl (C=O) groups excluding carboxylic acids is 1. The maximum absolute atomic E-state index is 12.2. The van der Waals surface area contributed by atoms with Crippen LogP contribution in [0.4, 0.5) is 0 Å². The molecule has 26 heavy (non-hydrogen) atoms. The number of amides is 1. The van der Waals surface area contributed by atoms with Gasteiger partial charge in [-0.15, -0.1) is 0 Å². The quantitative estimate of drug-likeness (QED) is 0.608. The van der Waals surface area contributed by atoms with Crippen molar-refractivity contribution in [1.82, 2.24) is 5.32 Å². The smallest absolute Gasteiger partial charge is 0.220 e. The van der Waals surface area contributed by atoms with E-state index in [1.165, 1.54) is 21.9 Å². The van der Waals surface area contributed by atoms with Crippen molar-refractivity contribution in [1.29, 1.82) is 0 Å². The predicted molar refractivity (Wildman–Crippen MR) is 107 cm³/mol. The Morgan fingerprint density at radius 1 is 0.885 bits per heavy atom. The minimum absolute atomic E-state index is 0.109. The Kier molecular flexibility index (Phi) is 6.26. The monoisotopic (exact) mass is 347 g/mol. The van der Waals surface area contributed by atoms with E-state index in [2.05, 4.69) is 41.7 Å². The van der Waals surface area contributed by atoms with Gasteiger partial charge in [0.25, 0.3) is 0 Å². The second kappa shape index (κ2) is 9.04. The lowest BCUT2D eigenvalue weighted by molar-refractivity contribution is -0.121. The van der Waals surface area contributed by atoms with Gasteiger partial charge in [0.05, 0.1) is 7.11 Å². The summed E-state index contributed by atoms with van der Waals surface area (Å²) in [5.41, 5.74) is 2.41. The van der Waals surface area contributed by atoms with Gasteiger partial charge >= 0.3 is 0 Å². The van der Waals surface area contributed by atoms with Crippen LogP contribution in [-0.4, -0.2) is 19.6 Å². The summed E-state index contributed by atoms with van der Waals surface area (Å²) in [6.07, 6.45) is 3.08. The second-order valence-electron chi connectivity index (χ2n) is 6.40.